The normalized spacial score (nSPS) is 33.1. The minimum absolute atomic E-state index is 0.0259. The van der Waals surface area contributed by atoms with Crippen molar-refractivity contribution in [2.75, 3.05) is 20.3 Å². The zero-order chi connectivity index (χ0) is 23.5. The second kappa shape index (κ2) is 10.3. The first-order chi connectivity index (χ1) is 15.2. The van der Waals surface area contributed by atoms with Gasteiger partial charge in [0.1, 0.15) is 5.82 Å². The van der Waals surface area contributed by atoms with Crippen LogP contribution in [-0.4, -0.2) is 49.3 Å². The van der Waals surface area contributed by atoms with Gasteiger partial charge in [-0.25, -0.2) is 4.39 Å². The van der Waals surface area contributed by atoms with Gasteiger partial charge in [0.15, 0.2) is 0 Å². The lowest BCUT2D eigenvalue weighted by Crippen LogP contribution is -2.58. The van der Waals surface area contributed by atoms with E-state index in [2.05, 4.69) is 24.5 Å². The molecule has 0 heterocycles. The highest BCUT2D eigenvalue weighted by molar-refractivity contribution is 5.94. The van der Waals surface area contributed by atoms with Gasteiger partial charge in [0.05, 0.1) is 12.7 Å². The number of hydrogen-bond acceptors (Lipinski definition) is 4. The highest BCUT2D eigenvalue weighted by Gasteiger charge is 2.53. The summed E-state index contributed by atoms with van der Waals surface area (Å²) in [6.07, 6.45) is 2.85. The van der Waals surface area contributed by atoms with Gasteiger partial charge >= 0.3 is 0 Å². The van der Waals surface area contributed by atoms with Crippen LogP contribution in [0.4, 0.5) is 4.39 Å². The summed E-state index contributed by atoms with van der Waals surface area (Å²) >= 11 is 0. The Balaban J connectivity index is 1.70. The Hall–Kier alpha value is -1.99. The van der Waals surface area contributed by atoms with Crippen molar-refractivity contribution in [2.24, 2.45) is 29.1 Å². The fourth-order valence-corrected chi connectivity index (χ4v) is 6.01. The van der Waals surface area contributed by atoms with Crippen molar-refractivity contribution >= 4 is 11.8 Å². The van der Waals surface area contributed by atoms with Crippen molar-refractivity contribution in [3.8, 4) is 0 Å². The maximum atomic E-state index is 13.5. The molecule has 0 spiro atoms. The van der Waals surface area contributed by atoms with Gasteiger partial charge in [0.2, 0.25) is 5.91 Å². The number of hydrogen-bond donors (Lipinski definition) is 3. The Bertz CT molecular complexity index is 819. The number of carbonyl (C=O) groups is 2. The Morgan fingerprint density at radius 2 is 2.03 bits per heavy atom. The van der Waals surface area contributed by atoms with Crippen LogP contribution in [0.3, 0.4) is 0 Å². The molecule has 0 saturated heterocycles. The number of nitrogens with one attached hydrogen (secondary N) is 2. The fourth-order valence-electron chi connectivity index (χ4n) is 6.01. The lowest BCUT2D eigenvalue weighted by molar-refractivity contribution is -0.142. The van der Waals surface area contributed by atoms with Crippen LogP contribution in [0, 0.1) is 34.9 Å². The van der Waals surface area contributed by atoms with E-state index in [4.69, 9.17) is 4.74 Å². The molecule has 3 N–H and O–H groups in total. The third kappa shape index (κ3) is 5.15. The van der Waals surface area contributed by atoms with Crippen LogP contribution in [0.25, 0.3) is 0 Å². The number of halogens is 1. The van der Waals surface area contributed by atoms with Crippen LogP contribution >= 0.6 is 0 Å². The number of aliphatic hydroxyl groups is 1. The number of fused-ring (bicyclic) bond motifs is 1. The Kier molecular flexibility index (Phi) is 7.93. The summed E-state index contributed by atoms with van der Waals surface area (Å²) in [5.41, 5.74) is 0.274. The van der Waals surface area contributed by atoms with Gasteiger partial charge in [0.25, 0.3) is 5.91 Å². The Morgan fingerprint density at radius 3 is 2.72 bits per heavy atom. The second-order valence-corrected chi connectivity index (χ2v) is 9.93. The molecule has 32 heavy (non-hydrogen) atoms. The van der Waals surface area contributed by atoms with Crippen molar-refractivity contribution < 1.29 is 23.8 Å². The quantitative estimate of drug-likeness (QED) is 0.559. The molecule has 0 unspecified atom stereocenters. The molecule has 6 nitrogen and oxygen atoms in total. The summed E-state index contributed by atoms with van der Waals surface area (Å²) in [4.78, 5) is 25.3. The van der Waals surface area contributed by atoms with Crippen LogP contribution < -0.4 is 10.6 Å². The van der Waals surface area contributed by atoms with Gasteiger partial charge in [-0.3, -0.25) is 9.59 Å². The van der Waals surface area contributed by atoms with Crippen LogP contribution in [-0.2, 0) is 9.53 Å². The average Bonchev–Trinajstić information content (AvgIpc) is 2.75. The number of rotatable bonds is 7. The maximum Gasteiger partial charge on any atom is 0.251 e. The van der Waals surface area contributed by atoms with E-state index in [1.54, 1.807) is 13.2 Å². The molecule has 178 valence electrons. The molecule has 1 aromatic carbocycles. The van der Waals surface area contributed by atoms with E-state index in [1.165, 1.54) is 18.2 Å². The van der Waals surface area contributed by atoms with Gasteiger partial charge in [-0.1, -0.05) is 26.8 Å². The van der Waals surface area contributed by atoms with Crippen LogP contribution in [0.1, 0.15) is 56.8 Å². The molecule has 0 radical (unpaired) electrons. The van der Waals surface area contributed by atoms with Crippen LogP contribution in [0.5, 0.6) is 0 Å². The molecular formula is C25H37FN2O4. The molecule has 1 aromatic rings. The molecule has 3 rings (SSSR count). The predicted octanol–water partition coefficient (Wildman–Crippen LogP) is 3.15. The van der Waals surface area contributed by atoms with Crippen molar-refractivity contribution in [3.05, 3.63) is 35.6 Å². The third-order valence-electron chi connectivity index (χ3n) is 7.95. The summed E-state index contributed by atoms with van der Waals surface area (Å²) in [6, 6.07) is 5.58. The summed E-state index contributed by atoms with van der Waals surface area (Å²) < 4.78 is 18.5. The fraction of sp³-hybridized carbons (Fsp3) is 0.680. The topological polar surface area (TPSA) is 87.7 Å². The maximum absolute atomic E-state index is 13.5. The smallest absolute Gasteiger partial charge is 0.251 e. The Labute approximate surface area is 190 Å². The van der Waals surface area contributed by atoms with Gasteiger partial charge in [-0.2, -0.15) is 0 Å². The largest absolute Gasteiger partial charge is 0.392 e. The highest BCUT2D eigenvalue weighted by atomic mass is 19.1. The van der Waals surface area contributed by atoms with Crippen molar-refractivity contribution in [2.45, 2.75) is 58.6 Å². The van der Waals surface area contributed by atoms with Gasteiger partial charge in [0, 0.05) is 31.2 Å². The molecule has 2 aliphatic rings. The number of amides is 2. The first kappa shape index (κ1) is 24.6. The van der Waals surface area contributed by atoms with E-state index in [0.29, 0.717) is 18.7 Å². The molecule has 0 aromatic heterocycles. The molecule has 0 aliphatic heterocycles. The average molecular weight is 449 g/mol. The number of methoxy groups -OCH3 is 1. The van der Waals surface area contributed by atoms with Crippen LogP contribution in [0.15, 0.2) is 24.3 Å². The summed E-state index contributed by atoms with van der Waals surface area (Å²) in [6.45, 7) is 7.09. The molecular weight excluding hydrogens is 411 g/mol. The SMILES string of the molecule is COCCNC(=O)[C@@H](C)[C@H]1CC[C@]2(C)CC[C@H](NC(=O)c3cccc(F)c3)[C@H](C)[C@@H]2[C@H]1O. The van der Waals surface area contributed by atoms with E-state index in [1.807, 2.05) is 6.92 Å². The molecule has 7 heteroatoms. The summed E-state index contributed by atoms with van der Waals surface area (Å²) in [7, 11) is 1.59. The van der Waals surface area contributed by atoms with E-state index >= 15 is 0 Å². The van der Waals surface area contributed by atoms with E-state index < -0.39 is 11.9 Å². The van der Waals surface area contributed by atoms with E-state index in [0.717, 1.165) is 25.7 Å². The standard InChI is InChI=1S/C25H37FN2O4/c1-15(23(30)27-12-13-32-4)19-8-10-25(3)11-9-20(16(2)21(25)22(19)29)28-24(31)17-6-5-7-18(26)14-17/h5-7,14-16,19-22,29H,8-13H2,1-4H3,(H,27,30)(H,28,31)/t15-,16-,19+,20-,21+,22-,25+/m0/s1. The van der Waals surface area contributed by atoms with Gasteiger partial charge < -0.3 is 20.5 Å². The summed E-state index contributed by atoms with van der Waals surface area (Å²) in [5, 5.41) is 17.4. The van der Waals surface area contributed by atoms with Crippen molar-refractivity contribution in [1.82, 2.24) is 10.6 Å². The first-order valence-corrected chi connectivity index (χ1v) is 11.7. The monoisotopic (exact) mass is 448 g/mol. The first-order valence-electron chi connectivity index (χ1n) is 11.7. The minimum Gasteiger partial charge on any atom is -0.392 e. The molecule has 2 fully saturated rings. The van der Waals surface area contributed by atoms with Crippen LogP contribution in [0.2, 0.25) is 0 Å². The molecule has 2 saturated carbocycles. The van der Waals surface area contributed by atoms with Crippen molar-refractivity contribution in [1.29, 1.82) is 0 Å². The van der Waals surface area contributed by atoms with Crippen molar-refractivity contribution in [3.63, 3.8) is 0 Å². The summed E-state index contributed by atoms with van der Waals surface area (Å²) in [5.74, 6) is -1.22. The number of carbonyl (C=O) groups excluding carboxylic acids is 2. The van der Waals surface area contributed by atoms with Gasteiger partial charge in [-0.05, 0) is 67.1 Å². The van der Waals surface area contributed by atoms with Gasteiger partial charge in [-0.15, -0.1) is 0 Å². The number of aliphatic hydroxyl groups excluding tert-OH is 1. The molecule has 0 bridgehead atoms. The number of benzene rings is 1. The lowest BCUT2D eigenvalue weighted by atomic mass is 9.51. The Morgan fingerprint density at radius 1 is 1.31 bits per heavy atom. The molecule has 2 aliphatic carbocycles. The number of ether oxygens (including phenoxy) is 1. The highest BCUT2D eigenvalue weighted by Crippen LogP contribution is 2.55. The minimum atomic E-state index is -0.624. The lowest BCUT2D eigenvalue weighted by Gasteiger charge is -2.56. The molecule has 7 atom stereocenters. The third-order valence-corrected chi connectivity index (χ3v) is 7.95. The predicted molar refractivity (Wildman–Crippen MR) is 120 cm³/mol. The zero-order valence-electron chi connectivity index (χ0n) is 19.6. The van der Waals surface area contributed by atoms with E-state index in [9.17, 15) is 19.1 Å². The van der Waals surface area contributed by atoms with E-state index in [-0.39, 0.29) is 46.9 Å². The molecule has 2 amide bonds. The zero-order valence-corrected chi connectivity index (χ0v) is 19.6. The second-order valence-electron chi connectivity index (χ2n) is 9.93.